The summed E-state index contributed by atoms with van der Waals surface area (Å²) in [7, 11) is 1.62. The lowest BCUT2D eigenvalue weighted by Gasteiger charge is -2.37. The van der Waals surface area contributed by atoms with Crippen LogP contribution in [0.15, 0.2) is 47.3 Å². The number of carbonyl (C=O) groups is 2. The largest absolute Gasteiger partial charge is 0.496 e. The van der Waals surface area contributed by atoms with Gasteiger partial charge in [-0.15, -0.1) is 0 Å². The molecule has 1 aromatic carbocycles. The summed E-state index contributed by atoms with van der Waals surface area (Å²) in [6, 6.07) is 9.04. The van der Waals surface area contributed by atoms with E-state index in [-0.39, 0.29) is 17.9 Å². The molecule has 1 unspecified atom stereocenters. The maximum absolute atomic E-state index is 12.5. The van der Waals surface area contributed by atoms with Gasteiger partial charge in [0.1, 0.15) is 12.0 Å². The Morgan fingerprint density at radius 2 is 1.93 bits per heavy atom. The van der Waals surface area contributed by atoms with Gasteiger partial charge in [-0.3, -0.25) is 14.5 Å². The van der Waals surface area contributed by atoms with E-state index in [2.05, 4.69) is 10.2 Å². The molecule has 7 heteroatoms. The van der Waals surface area contributed by atoms with Crippen molar-refractivity contribution in [2.45, 2.75) is 19.5 Å². The number of piperazine rings is 1. The van der Waals surface area contributed by atoms with Crippen LogP contribution in [-0.4, -0.2) is 60.9 Å². The highest BCUT2D eigenvalue weighted by Crippen LogP contribution is 2.17. The summed E-state index contributed by atoms with van der Waals surface area (Å²) in [5, 5.41) is 2.97. The van der Waals surface area contributed by atoms with Gasteiger partial charge in [-0.1, -0.05) is 18.2 Å². The minimum absolute atomic E-state index is 0.0309. The highest BCUT2D eigenvalue weighted by molar-refractivity contribution is 5.93. The van der Waals surface area contributed by atoms with Crippen molar-refractivity contribution < 1.29 is 18.7 Å². The Labute approximate surface area is 158 Å². The molecule has 1 aliphatic rings. The van der Waals surface area contributed by atoms with E-state index in [1.54, 1.807) is 18.1 Å². The van der Waals surface area contributed by atoms with Crippen molar-refractivity contribution in [3.63, 3.8) is 0 Å². The maximum Gasteiger partial charge on any atom is 0.257 e. The van der Waals surface area contributed by atoms with Gasteiger partial charge in [0, 0.05) is 38.3 Å². The average molecular weight is 371 g/mol. The standard InChI is InChI=1S/C20H25N3O4/c1-15(19(24)21-13-16-5-3-4-6-18(16)26-2)22-8-10-23(11-9-22)20(25)17-7-12-27-14-17/h3-7,12,14-15H,8-11,13H2,1-2H3,(H,21,24). The van der Waals surface area contributed by atoms with Crippen molar-refractivity contribution in [1.29, 1.82) is 0 Å². The Bertz CT molecular complexity index is 767. The molecule has 0 saturated carbocycles. The second-order valence-corrected chi connectivity index (χ2v) is 6.55. The summed E-state index contributed by atoms with van der Waals surface area (Å²) >= 11 is 0. The summed E-state index contributed by atoms with van der Waals surface area (Å²) in [6.45, 7) is 4.82. The summed E-state index contributed by atoms with van der Waals surface area (Å²) in [4.78, 5) is 28.8. The van der Waals surface area contributed by atoms with Crippen LogP contribution < -0.4 is 10.1 Å². The van der Waals surface area contributed by atoms with Gasteiger partial charge in [0.2, 0.25) is 5.91 Å². The Balaban J connectivity index is 1.49. The van der Waals surface area contributed by atoms with Crippen LogP contribution in [-0.2, 0) is 11.3 Å². The number of nitrogens with zero attached hydrogens (tertiary/aromatic N) is 2. The smallest absolute Gasteiger partial charge is 0.257 e. The fraction of sp³-hybridized carbons (Fsp3) is 0.400. The molecule has 1 aromatic heterocycles. The van der Waals surface area contributed by atoms with Crippen molar-refractivity contribution in [2.75, 3.05) is 33.3 Å². The number of rotatable bonds is 6. The first kappa shape index (κ1) is 19.0. The van der Waals surface area contributed by atoms with Crippen LogP contribution in [0, 0.1) is 0 Å². The molecule has 2 heterocycles. The van der Waals surface area contributed by atoms with Gasteiger partial charge < -0.3 is 19.4 Å². The zero-order valence-electron chi connectivity index (χ0n) is 15.7. The molecule has 144 valence electrons. The number of para-hydroxylation sites is 1. The van der Waals surface area contributed by atoms with Gasteiger partial charge in [-0.2, -0.15) is 0 Å². The predicted octanol–water partition coefficient (Wildman–Crippen LogP) is 1.75. The molecular weight excluding hydrogens is 346 g/mol. The van der Waals surface area contributed by atoms with E-state index in [0.717, 1.165) is 11.3 Å². The fourth-order valence-electron chi connectivity index (χ4n) is 3.23. The highest BCUT2D eigenvalue weighted by Gasteiger charge is 2.28. The Morgan fingerprint density at radius 3 is 2.59 bits per heavy atom. The number of nitrogens with one attached hydrogen (secondary N) is 1. The quantitative estimate of drug-likeness (QED) is 0.837. The Hall–Kier alpha value is -2.80. The molecule has 1 saturated heterocycles. The van der Waals surface area contributed by atoms with Crippen molar-refractivity contribution in [3.8, 4) is 5.75 Å². The fourth-order valence-corrected chi connectivity index (χ4v) is 3.23. The van der Waals surface area contributed by atoms with Crippen LogP contribution in [0.2, 0.25) is 0 Å². The molecule has 2 aromatic rings. The molecule has 0 radical (unpaired) electrons. The van der Waals surface area contributed by atoms with Crippen LogP contribution in [0.4, 0.5) is 0 Å². The topological polar surface area (TPSA) is 75.0 Å². The molecule has 0 bridgehead atoms. The van der Waals surface area contributed by atoms with Crippen LogP contribution in [0.25, 0.3) is 0 Å². The SMILES string of the molecule is COc1ccccc1CNC(=O)C(C)N1CCN(C(=O)c2ccoc2)CC1. The van der Waals surface area contributed by atoms with E-state index in [1.807, 2.05) is 31.2 Å². The maximum atomic E-state index is 12.5. The molecule has 1 fully saturated rings. The summed E-state index contributed by atoms with van der Waals surface area (Å²) in [6.07, 6.45) is 2.96. The van der Waals surface area contributed by atoms with Gasteiger partial charge in [0.05, 0.1) is 25.0 Å². The number of methoxy groups -OCH3 is 1. The predicted molar refractivity (Wildman–Crippen MR) is 100 cm³/mol. The molecular formula is C20H25N3O4. The first-order valence-electron chi connectivity index (χ1n) is 9.05. The van der Waals surface area contributed by atoms with Crippen LogP contribution >= 0.6 is 0 Å². The third-order valence-corrected chi connectivity index (χ3v) is 4.94. The normalized spacial score (nSPS) is 16.0. The molecule has 0 spiro atoms. The number of carbonyl (C=O) groups excluding carboxylic acids is 2. The minimum atomic E-state index is -0.258. The number of hydrogen-bond donors (Lipinski definition) is 1. The lowest BCUT2D eigenvalue weighted by molar-refractivity contribution is -0.126. The number of furan rings is 1. The van der Waals surface area contributed by atoms with Crippen LogP contribution in [0.3, 0.4) is 0 Å². The zero-order chi connectivity index (χ0) is 19.2. The first-order valence-corrected chi connectivity index (χ1v) is 9.05. The number of amides is 2. The van der Waals surface area contributed by atoms with Gasteiger partial charge >= 0.3 is 0 Å². The van der Waals surface area contributed by atoms with E-state index < -0.39 is 0 Å². The monoisotopic (exact) mass is 371 g/mol. The first-order chi connectivity index (χ1) is 13.1. The highest BCUT2D eigenvalue weighted by atomic mass is 16.5. The molecule has 0 aliphatic carbocycles. The van der Waals surface area contributed by atoms with Crippen LogP contribution in [0.1, 0.15) is 22.8 Å². The summed E-state index contributed by atoms with van der Waals surface area (Å²) in [5.41, 5.74) is 1.50. The lowest BCUT2D eigenvalue weighted by Crippen LogP contribution is -2.54. The number of benzene rings is 1. The van der Waals surface area contributed by atoms with Gasteiger partial charge in [-0.05, 0) is 19.1 Å². The Morgan fingerprint density at radius 1 is 1.19 bits per heavy atom. The van der Waals surface area contributed by atoms with Crippen molar-refractivity contribution in [2.24, 2.45) is 0 Å². The third kappa shape index (κ3) is 4.49. The number of ether oxygens (including phenoxy) is 1. The van der Waals surface area contributed by atoms with Crippen LogP contribution in [0.5, 0.6) is 5.75 Å². The molecule has 1 atom stereocenters. The zero-order valence-corrected chi connectivity index (χ0v) is 15.7. The van der Waals surface area contributed by atoms with Gasteiger partial charge in [-0.25, -0.2) is 0 Å². The third-order valence-electron chi connectivity index (χ3n) is 4.94. The molecule has 3 rings (SSSR count). The van der Waals surface area contributed by atoms with E-state index in [1.165, 1.54) is 12.5 Å². The van der Waals surface area contributed by atoms with Gasteiger partial charge in [0.25, 0.3) is 5.91 Å². The minimum Gasteiger partial charge on any atom is -0.496 e. The molecule has 1 aliphatic heterocycles. The summed E-state index contributed by atoms with van der Waals surface area (Å²) < 4.78 is 10.3. The molecule has 27 heavy (non-hydrogen) atoms. The Kier molecular flexibility index (Phi) is 6.13. The second-order valence-electron chi connectivity index (χ2n) is 6.55. The molecule has 1 N–H and O–H groups in total. The van der Waals surface area contributed by atoms with E-state index in [0.29, 0.717) is 38.3 Å². The lowest BCUT2D eigenvalue weighted by atomic mass is 10.1. The van der Waals surface area contributed by atoms with Crippen molar-refractivity contribution >= 4 is 11.8 Å². The average Bonchev–Trinajstić information content (AvgIpc) is 3.26. The van der Waals surface area contributed by atoms with E-state index in [9.17, 15) is 9.59 Å². The molecule has 2 amide bonds. The molecule has 7 nitrogen and oxygen atoms in total. The number of hydrogen-bond acceptors (Lipinski definition) is 5. The van der Waals surface area contributed by atoms with Crippen molar-refractivity contribution in [1.82, 2.24) is 15.1 Å². The second kappa shape index (κ2) is 8.73. The van der Waals surface area contributed by atoms with Gasteiger partial charge in [0.15, 0.2) is 0 Å². The van der Waals surface area contributed by atoms with Crippen molar-refractivity contribution in [3.05, 3.63) is 54.0 Å². The summed E-state index contributed by atoms with van der Waals surface area (Å²) in [5.74, 6) is 0.698. The van der Waals surface area contributed by atoms with E-state index in [4.69, 9.17) is 9.15 Å². The van der Waals surface area contributed by atoms with E-state index >= 15 is 0 Å².